The van der Waals surface area contributed by atoms with Gasteiger partial charge >= 0.3 is 0 Å². The summed E-state index contributed by atoms with van der Waals surface area (Å²) in [7, 11) is 0. The van der Waals surface area contributed by atoms with E-state index in [0.717, 1.165) is 43.8 Å². The molecule has 5 heteroatoms. The third kappa shape index (κ3) is 3.17. The lowest BCUT2D eigenvalue weighted by atomic mass is 9.85. The zero-order valence-corrected chi connectivity index (χ0v) is 12.7. The predicted molar refractivity (Wildman–Crippen MR) is 83.0 cm³/mol. The van der Waals surface area contributed by atoms with Crippen LogP contribution in [0.15, 0.2) is 18.2 Å². The molecular formula is C16H19FN2OS. The number of nitrogens with one attached hydrogen (secondary N) is 1. The Hall–Kier alpha value is -1.25. The summed E-state index contributed by atoms with van der Waals surface area (Å²) in [4.78, 5) is 0. The maximum absolute atomic E-state index is 13.7. The lowest BCUT2D eigenvalue weighted by Gasteiger charge is -2.43. The van der Waals surface area contributed by atoms with E-state index in [1.165, 1.54) is 6.07 Å². The minimum absolute atomic E-state index is 0.0126. The fraction of sp³-hybridized carbons (Fsp3) is 0.562. The highest BCUT2D eigenvalue weighted by Crippen LogP contribution is 2.38. The van der Waals surface area contributed by atoms with Gasteiger partial charge < -0.3 is 10.1 Å². The van der Waals surface area contributed by atoms with E-state index in [0.29, 0.717) is 5.69 Å². The average molecular weight is 306 g/mol. The standard InChI is InChI=1S/C16H19FN2OS/c17-14-2-1-3-15(13(14)11-18)19-12-4-7-20-16(10-12)5-8-21-9-6-16/h1-3,12,19H,4-10H2. The van der Waals surface area contributed by atoms with Gasteiger partial charge in [-0.25, -0.2) is 4.39 Å². The van der Waals surface area contributed by atoms with Crippen molar-refractivity contribution in [1.82, 2.24) is 0 Å². The highest BCUT2D eigenvalue weighted by atomic mass is 32.2. The molecule has 1 N–H and O–H groups in total. The molecule has 3 rings (SSSR count). The van der Waals surface area contributed by atoms with E-state index in [2.05, 4.69) is 5.32 Å². The third-order valence-corrected chi connectivity index (χ3v) is 5.37. The van der Waals surface area contributed by atoms with Crippen LogP contribution in [0.25, 0.3) is 0 Å². The molecule has 0 radical (unpaired) electrons. The summed E-state index contributed by atoms with van der Waals surface area (Å²) in [5.74, 6) is 1.84. The first-order valence-electron chi connectivity index (χ1n) is 7.39. The summed E-state index contributed by atoms with van der Waals surface area (Å²) >= 11 is 1.98. The number of nitriles is 1. The van der Waals surface area contributed by atoms with E-state index in [1.54, 1.807) is 12.1 Å². The van der Waals surface area contributed by atoms with Crippen LogP contribution in [0.1, 0.15) is 31.2 Å². The van der Waals surface area contributed by atoms with Crippen molar-refractivity contribution in [2.45, 2.75) is 37.3 Å². The van der Waals surface area contributed by atoms with Gasteiger partial charge in [0.25, 0.3) is 0 Å². The SMILES string of the molecule is N#Cc1c(F)cccc1NC1CCOC2(CCSCC2)C1. The molecule has 1 aromatic carbocycles. The van der Waals surface area contributed by atoms with E-state index in [1.807, 2.05) is 17.8 Å². The van der Waals surface area contributed by atoms with Crippen LogP contribution in [0.4, 0.5) is 10.1 Å². The third-order valence-electron chi connectivity index (χ3n) is 4.38. The summed E-state index contributed by atoms with van der Waals surface area (Å²) in [5, 5.41) is 12.5. The monoisotopic (exact) mass is 306 g/mol. The zero-order chi connectivity index (χ0) is 14.7. The van der Waals surface area contributed by atoms with E-state index >= 15 is 0 Å². The molecule has 21 heavy (non-hydrogen) atoms. The quantitative estimate of drug-likeness (QED) is 0.907. The van der Waals surface area contributed by atoms with Crippen LogP contribution >= 0.6 is 11.8 Å². The summed E-state index contributed by atoms with van der Waals surface area (Å²) in [6.07, 6.45) is 4.01. The van der Waals surface area contributed by atoms with Gasteiger partial charge in [-0.3, -0.25) is 0 Å². The van der Waals surface area contributed by atoms with E-state index in [9.17, 15) is 4.39 Å². The number of rotatable bonds is 2. The molecule has 0 aromatic heterocycles. The number of benzene rings is 1. The predicted octanol–water partition coefficient (Wildman–Crippen LogP) is 3.55. The van der Waals surface area contributed by atoms with Crippen LogP contribution in [0.5, 0.6) is 0 Å². The lowest BCUT2D eigenvalue weighted by Crippen LogP contribution is -2.46. The highest BCUT2D eigenvalue weighted by Gasteiger charge is 2.38. The van der Waals surface area contributed by atoms with Gasteiger partial charge in [0.15, 0.2) is 0 Å². The van der Waals surface area contributed by atoms with E-state index < -0.39 is 5.82 Å². The second kappa shape index (κ2) is 6.25. The minimum atomic E-state index is -0.460. The van der Waals surface area contributed by atoms with Gasteiger partial charge in [0.1, 0.15) is 17.4 Å². The molecule has 0 amide bonds. The fourth-order valence-electron chi connectivity index (χ4n) is 3.22. The summed E-state index contributed by atoms with van der Waals surface area (Å²) in [6.45, 7) is 0.736. The molecule has 0 saturated carbocycles. The van der Waals surface area contributed by atoms with Gasteiger partial charge in [0.2, 0.25) is 0 Å². The van der Waals surface area contributed by atoms with Gasteiger partial charge in [0.05, 0.1) is 11.3 Å². The summed E-state index contributed by atoms with van der Waals surface area (Å²) < 4.78 is 19.7. The molecule has 1 aromatic rings. The minimum Gasteiger partial charge on any atom is -0.381 e. The van der Waals surface area contributed by atoms with Crippen molar-refractivity contribution < 1.29 is 9.13 Å². The Bertz CT molecular complexity index is 546. The molecule has 112 valence electrons. The molecule has 3 nitrogen and oxygen atoms in total. The first-order valence-corrected chi connectivity index (χ1v) is 8.55. The maximum Gasteiger partial charge on any atom is 0.143 e. The van der Waals surface area contributed by atoms with Crippen molar-refractivity contribution in [3.63, 3.8) is 0 Å². The molecule has 2 aliphatic rings. The molecule has 1 atom stereocenters. The van der Waals surface area contributed by atoms with Crippen molar-refractivity contribution in [2.24, 2.45) is 0 Å². The summed E-state index contributed by atoms with van der Waals surface area (Å²) in [6, 6.07) is 6.95. The average Bonchev–Trinajstić information content (AvgIpc) is 2.48. The van der Waals surface area contributed by atoms with E-state index in [-0.39, 0.29) is 17.2 Å². The lowest BCUT2D eigenvalue weighted by molar-refractivity contribution is -0.0865. The Morgan fingerprint density at radius 3 is 2.95 bits per heavy atom. The molecule has 1 unspecified atom stereocenters. The molecule has 0 aliphatic carbocycles. The number of hydrogen-bond acceptors (Lipinski definition) is 4. The van der Waals surface area contributed by atoms with Crippen LogP contribution in [-0.4, -0.2) is 29.8 Å². The topological polar surface area (TPSA) is 45.0 Å². The Labute approximate surface area is 128 Å². The highest BCUT2D eigenvalue weighted by molar-refractivity contribution is 7.99. The van der Waals surface area contributed by atoms with Crippen molar-refractivity contribution in [3.8, 4) is 6.07 Å². The number of anilines is 1. The number of thioether (sulfide) groups is 1. The summed E-state index contributed by atoms with van der Waals surface area (Å²) in [5.41, 5.74) is 0.698. The van der Waals surface area contributed by atoms with Gasteiger partial charge in [-0.2, -0.15) is 17.0 Å². The van der Waals surface area contributed by atoms with Crippen LogP contribution in [0.2, 0.25) is 0 Å². The van der Waals surface area contributed by atoms with Crippen molar-refractivity contribution in [3.05, 3.63) is 29.6 Å². The smallest absolute Gasteiger partial charge is 0.143 e. The Kier molecular flexibility index (Phi) is 4.37. The second-order valence-corrected chi connectivity index (χ2v) is 6.98. The number of ether oxygens (including phenoxy) is 1. The first kappa shape index (κ1) is 14.7. The van der Waals surface area contributed by atoms with E-state index in [4.69, 9.17) is 10.00 Å². The molecule has 2 aliphatic heterocycles. The normalized spacial score (nSPS) is 24.5. The van der Waals surface area contributed by atoms with Gasteiger partial charge in [-0.15, -0.1) is 0 Å². The molecule has 2 heterocycles. The van der Waals surface area contributed by atoms with Crippen molar-refractivity contribution in [2.75, 3.05) is 23.4 Å². The van der Waals surface area contributed by atoms with Crippen molar-refractivity contribution >= 4 is 17.4 Å². The molecule has 2 saturated heterocycles. The van der Waals surface area contributed by atoms with Crippen LogP contribution in [0.3, 0.4) is 0 Å². The molecular weight excluding hydrogens is 287 g/mol. The zero-order valence-electron chi connectivity index (χ0n) is 11.9. The van der Waals surface area contributed by atoms with Crippen LogP contribution in [-0.2, 0) is 4.74 Å². The Morgan fingerprint density at radius 1 is 1.38 bits per heavy atom. The number of nitrogens with zero attached hydrogens (tertiary/aromatic N) is 1. The number of hydrogen-bond donors (Lipinski definition) is 1. The molecule has 1 spiro atoms. The van der Waals surface area contributed by atoms with Gasteiger partial charge in [-0.1, -0.05) is 6.07 Å². The van der Waals surface area contributed by atoms with Crippen LogP contribution in [0, 0.1) is 17.1 Å². The van der Waals surface area contributed by atoms with Gasteiger partial charge in [0, 0.05) is 12.6 Å². The maximum atomic E-state index is 13.7. The first-order chi connectivity index (χ1) is 10.2. The molecule has 0 bridgehead atoms. The Morgan fingerprint density at radius 2 is 2.19 bits per heavy atom. The number of halogens is 1. The Balaban J connectivity index is 1.73. The van der Waals surface area contributed by atoms with Crippen LogP contribution < -0.4 is 5.32 Å². The largest absolute Gasteiger partial charge is 0.381 e. The fourth-order valence-corrected chi connectivity index (χ4v) is 4.46. The molecule has 2 fully saturated rings. The van der Waals surface area contributed by atoms with Gasteiger partial charge in [-0.05, 0) is 49.3 Å². The second-order valence-electron chi connectivity index (χ2n) is 5.75. The van der Waals surface area contributed by atoms with Crippen molar-refractivity contribution in [1.29, 1.82) is 5.26 Å².